The van der Waals surface area contributed by atoms with Gasteiger partial charge >= 0.3 is 0 Å². The molecule has 0 bridgehead atoms. The minimum atomic E-state index is -0.214. The topological polar surface area (TPSA) is 43.9 Å². The summed E-state index contributed by atoms with van der Waals surface area (Å²) < 4.78 is 0. The van der Waals surface area contributed by atoms with Gasteiger partial charge in [0.2, 0.25) is 0 Å². The van der Waals surface area contributed by atoms with Crippen LogP contribution in [-0.4, -0.2) is 42.9 Å². The molecular weight excluding hydrogens is 382 g/mol. The number of carbonyl (C=O) groups is 2. The number of piperidine rings is 1. The van der Waals surface area contributed by atoms with Crippen LogP contribution in [0.3, 0.4) is 0 Å². The van der Waals surface area contributed by atoms with Crippen molar-refractivity contribution in [1.29, 1.82) is 0 Å². The molecule has 29 heavy (non-hydrogen) atoms. The van der Waals surface area contributed by atoms with Gasteiger partial charge in [0.15, 0.2) is 0 Å². The van der Waals surface area contributed by atoms with Gasteiger partial charge < -0.3 is 9.80 Å². The van der Waals surface area contributed by atoms with Crippen molar-refractivity contribution >= 4 is 40.1 Å². The van der Waals surface area contributed by atoms with Gasteiger partial charge in [-0.1, -0.05) is 6.07 Å². The number of benzene rings is 1. The van der Waals surface area contributed by atoms with Crippen molar-refractivity contribution in [3.63, 3.8) is 0 Å². The van der Waals surface area contributed by atoms with E-state index in [4.69, 9.17) is 0 Å². The van der Waals surface area contributed by atoms with Crippen LogP contribution in [0.1, 0.15) is 38.0 Å². The van der Waals surface area contributed by atoms with Crippen LogP contribution < -0.4 is 9.80 Å². The second-order valence-electron chi connectivity index (χ2n) is 7.38. The van der Waals surface area contributed by atoms with Gasteiger partial charge in [-0.15, -0.1) is 11.3 Å². The van der Waals surface area contributed by atoms with Crippen LogP contribution in [0.5, 0.6) is 0 Å². The van der Waals surface area contributed by atoms with Crippen LogP contribution in [-0.2, 0) is 9.59 Å². The summed E-state index contributed by atoms with van der Waals surface area (Å²) in [6, 6.07) is 11.6. The minimum absolute atomic E-state index is 0.198. The van der Waals surface area contributed by atoms with Gasteiger partial charge in [-0.05, 0) is 68.8 Å². The van der Waals surface area contributed by atoms with Gasteiger partial charge in [0.25, 0.3) is 11.8 Å². The van der Waals surface area contributed by atoms with Gasteiger partial charge in [0, 0.05) is 36.7 Å². The average Bonchev–Trinajstić information content (AvgIpc) is 3.36. The number of imide groups is 1. The molecule has 2 aromatic rings. The van der Waals surface area contributed by atoms with Crippen molar-refractivity contribution in [1.82, 2.24) is 4.90 Å². The average molecular weight is 410 g/mol. The Hall–Kier alpha value is -2.60. The van der Waals surface area contributed by atoms with E-state index in [1.54, 1.807) is 0 Å². The summed E-state index contributed by atoms with van der Waals surface area (Å²) in [5.74, 6) is -0.412. The fourth-order valence-electron chi connectivity index (χ4n) is 4.21. The highest BCUT2D eigenvalue weighted by atomic mass is 32.1. The Morgan fingerprint density at radius 1 is 0.931 bits per heavy atom. The van der Waals surface area contributed by atoms with E-state index in [9.17, 15) is 9.59 Å². The van der Waals surface area contributed by atoms with Gasteiger partial charge in [0.05, 0.1) is 11.3 Å². The van der Waals surface area contributed by atoms with Gasteiger partial charge in [-0.3, -0.25) is 9.59 Å². The molecule has 0 atom stereocenters. The van der Waals surface area contributed by atoms with Crippen LogP contribution in [0.4, 0.5) is 11.4 Å². The highest BCUT2D eigenvalue weighted by Gasteiger charge is 2.43. The first-order valence-corrected chi connectivity index (χ1v) is 11.3. The normalized spacial score (nSPS) is 17.4. The Morgan fingerprint density at radius 3 is 2.21 bits per heavy atom. The fraction of sp³-hybridized carbons (Fsp3) is 0.391. The number of amides is 2. The lowest BCUT2D eigenvalue weighted by Crippen LogP contribution is -2.37. The summed E-state index contributed by atoms with van der Waals surface area (Å²) in [6.45, 7) is 7.73. The molecule has 1 fully saturated rings. The van der Waals surface area contributed by atoms with Crippen molar-refractivity contribution in [3.8, 4) is 0 Å². The summed E-state index contributed by atoms with van der Waals surface area (Å²) in [5, 5.41) is 1.95. The molecule has 0 spiro atoms. The molecular formula is C23H27N3O2S. The molecule has 152 valence electrons. The summed E-state index contributed by atoms with van der Waals surface area (Å²) in [5.41, 5.74) is 2.86. The maximum absolute atomic E-state index is 13.5. The van der Waals surface area contributed by atoms with E-state index in [1.165, 1.54) is 22.7 Å². The largest absolute Gasteiger partial charge is 0.372 e. The van der Waals surface area contributed by atoms with E-state index in [0.29, 0.717) is 17.0 Å². The molecule has 2 aliphatic rings. The van der Waals surface area contributed by atoms with Crippen molar-refractivity contribution in [2.75, 3.05) is 36.0 Å². The summed E-state index contributed by atoms with van der Waals surface area (Å²) >= 11 is 1.51. The lowest BCUT2D eigenvalue weighted by molar-refractivity contribution is -0.120. The van der Waals surface area contributed by atoms with E-state index in [0.717, 1.165) is 49.6 Å². The first kappa shape index (κ1) is 19.7. The van der Waals surface area contributed by atoms with Gasteiger partial charge in [0.1, 0.15) is 5.70 Å². The van der Waals surface area contributed by atoms with Crippen molar-refractivity contribution in [2.45, 2.75) is 33.1 Å². The third-order valence-electron chi connectivity index (χ3n) is 5.74. The van der Waals surface area contributed by atoms with Crippen LogP contribution in [0.15, 0.2) is 47.5 Å². The van der Waals surface area contributed by atoms with Crippen LogP contribution in [0.2, 0.25) is 0 Å². The van der Waals surface area contributed by atoms with Gasteiger partial charge in [-0.2, -0.15) is 0 Å². The Morgan fingerprint density at radius 2 is 1.62 bits per heavy atom. The molecule has 1 aromatic carbocycles. The van der Waals surface area contributed by atoms with Crippen molar-refractivity contribution in [2.24, 2.45) is 0 Å². The van der Waals surface area contributed by atoms with E-state index in [-0.39, 0.29) is 11.8 Å². The fourth-order valence-corrected chi connectivity index (χ4v) is 4.97. The Kier molecular flexibility index (Phi) is 5.72. The molecule has 5 nitrogen and oxygen atoms in total. The quantitative estimate of drug-likeness (QED) is 0.665. The molecule has 2 amide bonds. The molecule has 2 aliphatic heterocycles. The number of hydrogen-bond acceptors (Lipinski definition) is 5. The number of thiophene rings is 1. The smallest absolute Gasteiger partial charge is 0.282 e. The lowest BCUT2D eigenvalue weighted by atomic mass is 10.1. The van der Waals surface area contributed by atoms with Crippen LogP contribution in [0.25, 0.3) is 5.57 Å². The summed E-state index contributed by atoms with van der Waals surface area (Å²) in [7, 11) is 0. The number of nitrogens with zero attached hydrogens (tertiary/aromatic N) is 3. The molecule has 3 heterocycles. The van der Waals surface area contributed by atoms with Crippen LogP contribution >= 0.6 is 11.3 Å². The molecule has 1 aromatic heterocycles. The number of carbonyl (C=O) groups excluding carboxylic acids is 2. The number of rotatable bonds is 6. The predicted octanol–water partition coefficient (Wildman–Crippen LogP) is 4.36. The summed E-state index contributed by atoms with van der Waals surface area (Å²) in [4.78, 5) is 33.4. The molecule has 6 heteroatoms. The summed E-state index contributed by atoms with van der Waals surface area (Å²) in [6.07, 6.45) is 3.29. The first-order valence-electron chi connectivity index (χ1n) is 10.4. The van der Waals surface area contributed by atoms with Crippen LogP contribution in [0, 0.1) is 0 Å². The molecule has 4 rings (SSSR count). The maximum atomic E-state index is 13.5. The van der Waals surface area contributed by atoms with E-state index in [1.807, 2.05) is 41.8 Å². The number of hydrogen-bond donors (Lipinski definition) is 0. The maximum Gasteiger partial charge on any atom is 0.282 e. The van der Waals surface area contributed by atoms with Crippen molar-refractivity contribution < 1.29 is 9.59 Å². The Labute approximate surface area is 176 Å². The van der Waals surface area contributed by atoms with E-state index in [2.05, 4.69) is 23.6 Å². The first-order chi connectivity index (χ1) is 14.2. The molecule has 0 N–H and O–H groups in total. The van der Waals surface area contributed by atoms with E-state index >= 15 is 0 Å². The standard InChI is InChI=1S/C23H27N3O2S/c1-3-24(4-2)17-10-12-18(13-11-17)26-22(27)20(19-9-8-16-29-19)21(23(26)28)25-14-6-5-7-15-25/h8-13,16H,3-7,14-15H2,1-2H3. The zero-order chi connectivity index (χ0) is 20.4. The van der Waals surface area contributed by atoms with Gasteiger partial charge in [-0.25, -0.2) is 4.90 Å². The highest BCUT2D eigenvalue weighted by Crippen LogP contribution is 2.37. The number of anilines is 2. The number of likely N-dealkylation sites (tertiary alicyclic amines) is 1. The Bertz CT molecular complexity index is 908. The second kappa shape index (κ2) is 8.41. The minimum Gasteiger partial charge on any atom is -0.372 e. The Balaban J connectivity index is 1.70. The SMILES string of the molecule is CCN(CC)c1ccc(N2C(=O)C(c3cccs3)=C(N3CCCCC3)C2=O)cc1. The molecule has 0 saturated carbocycles. The monoisotopic (exact) mass is 409 g/mol. The molecule has 0 radical (unpaired) electrons. The predicted molar refractivity (Wildman–Crippen MR) is 119 cm³/mol. The lowest BCUT2D eigenvalue weighted by Gasteiger charge is -2.29. The van der Waals surface area contributed by atoms with Crippen molar-refractivity contribution in [3.05, 3.63) is 52.4 Å². The molecule has 0 unspecified atom stereocenters. The molecule has 1 saturated heterocycles. The zero-order valence-corrected chi connectivity index (χ0v) is 17.9. The third kappa shape index (κ3) is 3.57. The second-order valence-corrected chi connectivity index (χ2v) is 8.33. The third-order valence-corrected chi connectivity index (χ3v) is 6.62. The highest BCUT2D eigenvalue weighted by molar-refractivity contribution is 7.11. The molecule has 0 aliphatic carbocycles. The van der Waals surface area contributed by atoms with E-state index < -0.39 is 0 Å². The zero-order valence-electron chi connectivity index (χ0n) is 17.1.